The van der Waals surface area contributed by atoms with Crippen LogP contribution in [-0.2, 0) is 20.2 Å². The minimum atomic E-state index is -5.02. The molecule has 280 valence electrons. The van der Waals surface area contributed by atoms with Crippen LogP contribution in [0.2, 0.25) is 0 Å². The summed E-state index contributed by atoms with van der Waals surface area (Å²) in [6, 6.07) is 31.7. The molecule has 0 atom stereocenters. The van der Waals surface area contributed by atoms with Crippen molar-refractivity contribution in [1.82, 2.24) is 9.97 Å². The van der Waals surface area contributed by atoms with Gasteiger partial charge in [-0.25, -0.2) is 26.8 Å². The summed E-state index contributed by atoms with van der Waals surface area (Å²) in [6.07, 6.45) is 0. The molecule has 6 aromatic carbocycles. The van der Waals surface area contributed by atoms with Gasteiger partial charge in [0.05, 0.1) is 59.6 Å². The Labute approximate surface area is 413 Å². The summed E-state index contributed by atoms with van der Waals surface area (Å²) < 4.78 is 80.2. The van der Waals surface area contributed by atoms with Crippen LogP contribution in [0.4, 0.5) is 22.7 Å². The number of nitrogens with zero attached hydrogens (tertiary/aromatic N) is 6. The molecular weight excluding hydrogens is 862 g/mol. The molecule has 13 nitrogen and oxygen atoms in total. The van der Waals surface area contributed by atoms with E-state index >= 15 is 0 Å². The fraction of sp³-hybridized carbons (Fsp3) is 0.0769. The van der Waals surface area contributed by atoms with E-state index in [1.807, 2.05) is 25.1 Å². The Bertz CT molecular complexity index is 3120. The van der Waals surface area contributed by atoms with Gasteiger partial charge in [-0.05, 0) is 98.3 Å². The Hall–Kier alpha value is -2.82. The Kier molecular flexibility index (Phi) is 15.6. The van der Waals surface area contributed by atoms with Crippen molar-refractivity contribution >= 4 is 96.9 Å². The first-order chi connectivity index (χ1) is 26.9. The first kappa shape index (κ1) is 47.2. The smallest absolute Gasteiger partial charge is 0.744 e. The summed E-state index contributed by atoms with van der Waals surface area (Å²) in [6.45, 7) is 3.98. The minimum absolute atomic E-state index is 0. The molecule has 0 radical (unpaired) electrons. The third-order valence-electron chi connectivity index (χ3n) is 8.56. The zero-order chi connectivity index (χ0) is 39.2. The zero-order valence-electron chi connectivity index (χ0n) is 32.2. The number of rotatable bonds is 10. The van der Waals surface area contributed by atoms with Crippen molar-refractivity contribution in [2.24, 2.45) is 20.5 Å². The van der Waals surface area contributed by atoms with Crippen LogP contribution in [0.25, 0.3) is 52.3 Å². The normalized spacial score (nSPS) is 11.9. The molecule has 8 rings (SSSR count). The van der Waals surface area contributed by atoms with Crippen molar-refractivity contribution < 1.29 is 119 Å². The molecule has 20 heteroatoms. The van der Waals surface area contributed by atoms with E-state index in [0.29, 0.717) is 55.3 Å². The molecule has 59 heavy (non-hydrogen) atoms. The molecule has 0 saturated carbocycles. The number of benzene rings is 6. The molecule has 0 N–H and O–H groups in total. The van der Waals surface area contributed by atoms with Gasteiger partial charge in [0.1, 0.15) is 36.0 Å². The largest absolute Gasteiger partial charge is 1.00 e. The summed E-state index contributed by atoms with van der Waals surface area (Å²) in [5, 5.41) is 19.1. The summed E-state index contributed by atoms with van der Waals surface area (Å²) in [5.74, 6) is 0.668. The van der Waals surface area contributed by atoms with Crippen LogP contribution in [0.5, 0.6) is 5.75 Å². The van der Waals surface area contributed by atoms with Crippen LogP contribution in [0.3, 0.4) is 0 Å². The van der Waals surface area contributed by atoms with Crippen LogP contribution in [0.15, 0.2) is 133 Å². The Morgan fingerprint density at radius 1 is 0.695 bits per heavy atom. The van der Waals surface area contributed by atoms with Gasteiger partial charge >= 0.3 is 88.7 Å². The predicted octanol–water partition coefficient (Wildman–Crippen LogP) is 1.55. The number of hydrogen-bond acceptors (Lipinski definition) is 15. The number of fused-ring (bicyclic) bond motifs is 3. The van der Waals surface area contributed by atoms with E-state index < -0.39 is 25.1 Å². The van der Waals surface area contributed by atoms with Crippen molar-refractivity contribution in [2.45, 2.75) is 23.6 Å². The van der Waals surface area contributed by atoms with Crippen LogP contribution in [0.1, 0.15) is 12.5 Å². The number of aromatic nitrogens is 2. The minimum Gasteiger partial charge on any atom is -0.744 e. The van der Waals surface area contributed by atoms with E-state index in [1.165, 1.54) is 17.4 Å². The molecule has 0 fully saturated rings. The Morgan fingerprint density at radius 2 is 1.32 bits per heavy atom. The second-order valence-corrected chi connectivity index (χ2v) is 17.0. The molecule has 0 saturated heterocycles. The van der Waals surface area contributed by atoms with Gasteiger partial charge in [-0.15, -0.1) is 22.7 Å². The number of aryl methyl sites for hydroxylation is 1. The second-order valence-electron chi connectivity index (χ2n) is 12.3. The van der Waals surface area contributed by atoms with Crippen LogP contribution < -0.4 is 93.4 Å². The average molecular weight is 887 g/mol. The summed E-state index contributed by atoms with van der Waals surface area (Å²) in [4.78, 5) is 8.52. The molecule has 0 aliphatic carbocycles. The maximum atomic E-state index is 12.5. The molecule has 2 heterocycles. The fourth-order valence-electron chi connectivity index (χ4n) is 5.98. The van der Waals surface area contributed by atoms with Crippen molar-refractivity contribution in [1.29, 1.82) is 0 Å². The van der Waals surface area contributed by atoms with E-state index in [4.69, 9.17) is 9.72 Å². The second kappa shape index (κ2) is 19.5. The number of hydrogen-bond donors (Lipinski definition) is 0. The van der Waals surface area contributed by atoms with E-state index in [-0.39, 0.29) is 105 Å². The van der Waals surface area contributed by atoms with Gasteiger partial charge in [-0.1, -0.05) is 16.8 Å². The van der Waals surface area contributed by atoms with E-state index in [2.05, 4.69) is 31.5 Å². The van der Waals surface area contributed by atoms with Gasteiger partial charge in [-0.2, -0.15) is 44.7 Å². The molecule has 0 unspecified atom stereocenters. The maximum absolute atomic E-state index is 12.5. The zero-order valence-corrected chi connectivity index (χ0v) is 41.5. The van der Waals surface area contributed by atoms with Gasteiger partial charge in [-0.3, -0.25) is 0 Å². The van der Waals surface area contributed by atoms with Gasteiger partial charge in [0.15, 0.2) is 0 Å². The third-order valence-corrected chi connectivity index (χ3v) is 12.8. The van der Waals surface area contributed by atoms with Crippen molar-refractivity contribution in [2.75, 3.05) is 6.61 Å². The molecule has 0 spiro atoms. The maximum Gasteiger partial charge on any atom is 1.00 e. The van der Waals surface area contributed by atoms with Crippen molar-refractivity contribution in [3.8, 4) is 26.9 Å². The Balaban J connectivity index is 0.00000220. The number of ether oxygens (including phenoxy) is 1. The third kappa shape index (κ3) is 10.3. The summed E-state index contributed by atoms with van der Waals surface area (Å²) >= 11 is 2.59. The fourth-order valence-corrected chi connectivity index (χ4v) is 9.91. The average Bonchev–Trinajstić information content (AvgIpc) is 3.80. The molecule has 0 aliphatic heterocycles. The molecule has 0 bridgehead atoms. The molecule has 2 aromatic heterocycles. The molecule has 0 amide bonds. The summed E-state index contributed by atoms with van der Waals surface area (Å²) in [5.41, 5.74) is 4.00. The number of azo groups is 2. The van der Waals surface area contributed by atoms with Gasteiger partial charge in [0.2, 0.25) is 0 Å². The van der Waals surface area contributed by atoms with Gasteiger partial charge in [0.25, 0.3) is 0 Å². The van der Waals surface area contributed by atoms with E-state index in [0.717, 1.165) is 43.8 Å². The van der Waals surface area contributed by atoms with Crippen LogP contribution >= 0.6 is 22.7 Å². The first-order valence-electron chi connectivity index (χ1n) is 16.7. The number of thiazole rings is 2. The quantitative estimate of drug-likeness (QED) is 0.0847. The monoisotopic (exact) mass is 886 g/mol. The van der Waals surface area contributed by atoms with E-state index in [1.54, 1.807) is 79.7 Å². The van der Waals surface area contributed by atoms with Crippen LogP contribution in [-0.4, -0.2) is 42.5 Å². The Morgan fingerprint density at radius 3 is 2.00 bits per heavy atom. The predicted molar refractivity (Wildman–Crippen MR) is 213 cm³/mol. The van der Waals surface area contributed by atoms with Gasteiger partial charge < -0.3 is 13.8 Å². The van der Waals surface area contributed by atoms with E-state index in [9.17, 15) is 25.9 Å². The molecular formula is C39H25N6Na3O7S4. The molecule has 8 aromatic rings. The SMILES string of the molecule is CCOc1ccc(N=Nc2cc(S(=O)(=O)[O-])c(N=Nc3ccc(-c4nc5ccc(-c6nc7ccc(C)c(S(=O)(=O)[O-])c7s6)cc5s4)cc3)c3c[c-]ccc23)cc1.[Na+].[Na+].[Na+]. The molecule has 0 aliphatic rings. The topological polar surface area (TPSA) is 199 Å². The van der Waals surface area contributed by atoms with Crippen molar-refractivity contribution in [3.63, 3.8) is 0 Å². The van der Waals surface area contributed by atoms with Crippen LogP contribution in [0, 0.1) is 13.0 Å². The summed E-state index contributed by atoms with van der Waals surface area (Å²) in [7, 11) is -9.71. The van der Waals surface area contributed by atoms with Gasteiger partial charge in [0, 0.05) is 11.1 Å². The standard InChI is InChI=1S/C39H27N6O7S4.3Na/c1-3-52-27-16-14-26(15-17-27)42-44-32-21-34(55(46,47)48)35(29-7-5-4-6-28(29)32)45-43-25-12-9-23(10-13-25)38-40-30-19-11-24(20-33(30)53-38)39-41-31-18-8-22(2)37(36(31)54-39)56(49,50)51;;;/h4,6-21H,3H2,1-2H3,(H,46,47,48)(H,49,50,51);;;/q-1;3*+1/p-2. The van der Waals surface area contributed by atoms with Crippen molar-refractivity contribution in [3.05, 3.63) is 115 Å². The first-order valence-corrected chi connectivity index (χ1v) is 21.2.